The van der Waals surface area contributed by atoms with E-state index in [-0.39, 0.29) is 5.91 Å². The van der Waals surface area contributed by atoms with Crippen LogP contribution in [-0.4, -0.2) is 12.5 Å². The molecule has 2 rings (SSSR count). The van der Waals surface area contributed by atoms with E-state index in [1.807, 2.05) is 55.5 Å². The Kier molecular flexibility index (Phi) is 6.44. The molecule has 0 aliphatic heterocycles. The lowest BCUT2D eigenvalue weighted by Crippen LogP contribution is -2.27. The predicted octanol–water partition coefficient (Wildman–Crippen LogP) is 3.44. The Hall–Kier alpha value is -1.84. The molecule has 2 aromatic carbocycles. The van der Waals surface area contributed by atoms with Crippen molar-refractivity contribution in [3.8, 4) is 0 Å². The fourth-order valence-corrected chi connectivity index (χ4v) is 2.26. The topological polar surface area (TPSA) is 41.1 Å². The molecule has 116 valence electrons. The Labute approximate surface area is 136 Å². The first-order chi connectivity index (χ1) is 10.6. The lowest BCUT2D eigenvalue weighted by molar-refractivity contribution is -0.121. The van der Waals surface area contributed by atoms with Gasteiger partial charge in [0.05, 0.1) is 0 Å². The van der Waals surface area contributed by atoms with Crippen LogP contribution < -0.4 is 10.6 Å². The molecule has 2 aromatic rings. The second-order valence-corrected chi connectivity index (χ2v) is 5.69. The Morgan fingerprint density at radius 1 is 1.05 bits per heavy atom. The summed E-state index contributed by atoms with van der Waals surface area (Å²) in [5.41, 5.74) is 3.38. The molecule has 2 N–H and O–H groups in total. The van der Waals surface area contributed by atoms with Gasteiger partial charge in [0.1, 0.15) is 0 Å². The molecular weight excluding hydrogens is 296 g/mol. The van der Waals surface area contributed by atoms with Gasteiger partial charge in [0, 0.05) is 31.1 Å². The van der Waals surface area contributed by atoms with E-state index in [1.54, 1.807) is 0 Å². The summed E-state index contributed by atoms with van der Waals surface area (Å²) in [6.07, 6.45) is 0.455. The Balaban J connectivity index is 1.64. The van der Waals surface area contributed by atoms with E-state index in [1.165, 1.54) is 5.56 Å². The first-order valence-corrected chi connectivity index (χ1v) is 7.79. The van der Waals surface area contributed by atoms with Gasteiger partial charge in [0.25, 0.3) is 0 Å². The first-order valence-electron chi connectivity index (χ1n) is 7.41. The largest absolute Gasteiger partial charge is 0.352 e. The molecule has 0 aliphatic rings. The van der Waals surface area contributed by atoms with Crippen molar-refractivity contribution in [1.29, 1.82) is 0 Å². The molecule has 0 aliphatic carbocycles. The van der Waals surface area contributed by atoms with Gasteiger partial charge in [-0.3, -0.25) is 4.79 Å². The standard InChI is InChI=1S/C18H21ClN2O/c1-14-6-8-15(9-7-14)12-21-18(22)10-11-20-13-16-4-2-3-5-17(16)19/h2-9,20H,10-13H2,1H3,(H,21,22). The third-order valence-electron chi connectivity index (χ3n) is 3.41. The van der Waals surface area contributed by atoms with Crippen molar-refractivity contribution in [2.45, 2.75) is 26.4 Å². The molecule has 1 amide bonds. The summed E-state index contributed by atoms with van der Waals surface area (Å²) in [6.45, 7) is 3.92. The van der Waals surface area contributed by atoms with Crippen molar-refractivity contribution in [1.82, 2.24) is 10.6 Å². The van der Waals surface area contributed by atoms with E-state index >= 15 is 0 Å². The zero-order chi connectivity index (χ0) is 15.8. The van der Waals surface area contributed by atoms with Gasteiger partial charge < -0.3 is 10.6 Å². The van der Waals surface area contributed by atoms with Crippen LogP contribution >= 0.6 is 11.6 Å². The van der Waals surface area contributed by atoms with Crippen LogP contribution in [0.25, 0.3) is 0 Å². The molecule has 0 fully saturated rings. The van der Waals surface area contributed by atoms with Crippen molar-refractivity contribution in [3.63, 3.8) is 0 Å². The van der Waals surface area contributed by atoms with Crippen LogP contribution in [0.5, 0.6) is 0 Å². The summed E-state index contributed by atoms with van der Waals surface area (Å²) in [4.78, 5) is 11.8. The molecule has 3 nitrogen and oxygen atoms in total. The maximum atomic E-state index is 11.8. The maximum Gasteiger partial charge on any atom is 0.221 e. The minimum absolute atomic E-state index is 0.0484. The molecule has 0 unspecified atom stereocenters. The number of aryl methyl sites for hydroxylation is 1. The maximum absolute atomic E-state index is 11.8. The van der Waals surface area contributed by atoms with Crippen molar-refractivity contribution in [3.05, 3.63) is 70.2 Å². The van der Waals surface area contributed by atoms with Gasteiger partial charge in [-0.15, -0.1) is 0 Å². The van der Waals surface area contributed by atoms with Crippen LogP contribution in [-0.2, 0) is 17.9 Å². The fraction of sp³-hybridized carbons (Fsp3) is 0.278. The summed E-state index contributed by atoms with van der Waals surface area (Å²) in [5.74, 6) is 0.0484. The van der Waals surface area contributed by atoms with Crippen molar-refractivity contribution >= 4 is 17.5 Å². The lowest BCUT2D eigenvalue weighted by Gasteiger charge is -2.08. The summed E-state index contributed by atoms with van der Waals surface area (Å²) in [5, 5.41) is 6.91. The van der Waals surface area contributed by atoms with E-state index in [0.29, 0.717) is 26.1 Å². The minimum Gasteiger partial charge on any atom is -0.352 e. The van der Waals surface area contributed by atoms with Gasteiger partial charge in [-0.2, -0.15) is 0 Å². The summed E-state index contributed by atoms with van der Waals surface area (Å²) in [7, 11) is 0. The molecule has 0 radical (unpaired) electrons. The summed E-state index contributed by atoms with van der Waals surface area (Å²) < 4.78 is 0. The van der Waals surface area contributed by atoms with Gasteiger partial charge in [-0.05, 0) is 24.1 Å². The average Bonchev–Trinajstić information content (AvgIpc) is 2.52. The van der Waals surface area contributed by atoms with Crippen molar-refractivity contribution in [2.75, 3.05) is 6.54 Å². The van der Waals surface area contributed by atoms with Gasteiger partial charge in [-0.1, -0.05) is 59.6 Å². The number of carbonyl (C=O) groups is 1. The molecule has 0 heterocycles. The molecule has 22 heavy (non-hydrogen) atoms. The number of halogens is 1. The second kappa shape index (κ2) is 8.57. The quantitative estimate of drug-likeness (QED) is 0.768. The SMILES string of the molecule is Cc1ccc(CNC(=O)CCNCc2ccccc2Cl)cc1. The predicted molar refractivity (Wildman–Crippen MR) is 90.8 cm³/mol. The number of benzene rings is 2. The normalized spacial score (nSPS) is 10.5. The average molecular weight is 317 g/mol. The zero-order valence-electron chi connectivity index (χ0n) is 12.7. The molecule has 0 spiro atoms. The van der Waals surface area contributed by atoms with Gasteiger partial charge >= 0.3 is 0 Å². The molecule has 0 atom stereocenters. The Morgan fingerprint density at radius 3 is 2.50 bits per heavy atom. The third-order valence-corrected chi connectivity index (χ3v) is 3.78. The fourth-order valence-electron chi connectivity index (χ4n) is 2.06. The smallest absolute Gasteiger partial charge is 0.221 e. The van der Waals surface area contributed by atoms with E-state index < -0.39 is 0 Å². The van der Waals surface area contributed by atoms with E-state index in [0.717, 1.165) is 16.1 Å². The van der Waals surface area contributed by atoms with E-state index in [4.69, 9.17) is 11.6 Å². The van der Waals surface area contributed by atoms with E-state index in [2.05, 4.69) is 10.6 Å². The highest BCUT2D eigenvalue weighted by molar-refractivity contribution is 6.31. The van der Waals surface area contributed by atoms with Crippen LogP contribution in [0.3, 0.4) is 0 Å². The van der Waals surface area contributed by atoms with E-state index in [9.17, 15) is 4.79 Å². The number of hydrogen-bond acceptors (Lipinski definition) is 2. The lowest BCUT2D eigenvalue weighted by atomic mass is 10.1. The zero-order valence-corrected chi connectivity index (χ0v) is 13.5. The van der Waals surface area contributed by atoms with Crippen LogP contribution in [0.4, 0.5) is 0 Å². The highest BCUT2D eigenvalue weighted by atomic mass is 35.5. The molecule has 0 saturated heterocycles. The van der Waals surface area contributed by atoms with Gasteiger partial charge in [0.15, 0.2) is 0 Å². The highest BCUT2D eigenvalue weighted by Gasteiger charge is 2.02. The first kappa shape index (κ1) is 16.5. The molecule has 0 bridgehead atoms. The summed E-state index contributed by atoms with van der Waals surface area (Å²) >= 11 is 6.08. The van der Waals surface area contributed by atoms with Crippen LogP contribution in [0.2, 0.25) is 5.02 Å². The number of nitrogens with one attached hydrogen (secondary N) is 2. The Bertz CT molecular complexity index is 611. The van der Waals surface area contributed by atoms with Crippen LogP contribution in [0.15, 0.2) is 48.5 Å². The van der Waals surface area contributed by atoms with Crippen molar-refractivity contribution in [2.24, 2.45) is 0 Å². The van der Waals surface area contributed by atoms with Crippen LogP contribution in [0, 0.1) is 6.92 Å². The van der Waals surface area contributed by atoms with Crippen LogP contribution in [0.1, 0.15) is 23.1 Å². The molecule has 0 aromatic heterocycles. The monoisotopic (exact) mass is 316 g/mol. The number of carbonyl (C=O) groups excluding carboxylic acids is 1. The number of amides is 1. The third kappa shape index (κ3) is 5.51. The number of hydrogen-bond donors (Lipinski definition) is 2. The summed E-state index contributed by atoms with van der Waals surface area (Å²) in [6, 6.07) is 15.9. The molecule has 4 heteroatoms. The molecular formula is C18H21ClN2O. The van der Waals surface area contributed by atoms with Gasteiger partial charge in [-0.25, -0.2) is 0 Å². The highest BCUT2D eigenvalue weighted by Crippen LogP contribution is 2.14. The minimum atomic E-state index is 0.0484. The molecule has 0 saturated carbocycles. The second-order valence-electron chi connectivity index (χ2n) is 5.28. The van der Waals surface area contributed by atoms with Gasteiger partial charge in [0.2, 0.25) is 5.91 Å². The van der Waals surface area contributed by atoms with Crippen molar-refractivity contribution < 1.29 is 4.79 Å². The Morgan fingerprint density at radius 2 is 1.77 bits per heavy atom. The number of rotatable bonds is 7.